The average molecular weight is 1290 g/mol. The number of rotatable bonds is 20. The van der Waals surface area contributed by atoms with Crippen molar-refractivity contribution in [2.24, 2.45) is 11.7 Å². The number of thiophene rings is 1. The van der Waals surface area contributed by atoms with Crippen LogP contribution in [0, 0.1) is 5.92 Å². The summed E-state index contributed by atoms with van der Waals surface area (Å²) < 4.78 is 69.1. The Bertz CT molecular complexity index is 3520. The third kappa shape index (κ3) is 14.4. The molecule has 0 saturated carbocycles. The van der Waals surface area contributed by atoms with Gasteiger partial charge in [-0.25, -0.2) is 8.78 Å². The van der Waals surface area contributed by atoms with E-state index in [1.54, 1.807) is 15.9 Å². The minimum absolute atomic E-state index is 0.0298. The van der Waals surface area contributed by atoms with Crippen molar-refractivity contribution < 1.29 is 75.1 Å². The number of imide groups is 1. The maximum Gasteiger partial charge on any atom is 0.399 e. The predicted molar refractivity (Wildman–Crippen MR) is 322 cm³/mol. The third-order valence-electron chi connectivity index (χ3n) is 18.0. The molecule has 0 spiro atoms. The molecule has 7 heterocycles. The lowest BCUT2D eigenvalue weighted by Crippen LogP contribution is -2.62. The molecule has 29 heteroatoms. The highest BCUT2D eigenvalue weighted by atomic mass is 32.1. The molecule has 23 nitrogen and oxygen atoms in total. The summed E-state index contributed by atoms with van der Waals surface area (Å²) in [5, 5.41) is 10.6. The number of piperidine rings is 1. The van der Waals surface area contributed by atoms with Gasteiger partial charge in [0.25, 0.3) is 18.2 Å². The van der Waals surface area contributed by atoms with Crippen LogP contribution in [0.1, 0.15) is 108 Å². The SMILES string of the molecule is CC(C)(C)c1ccc(C[C@H](NC(=O)[C@H](CCC(N)=O)NC(=O)[C@@H]2CC[C@@H]3CCN(CC(F)F)C[C@H](NC(=O)c4cc5cc(C(F)(F)P(=O)(O)O)ccc5s4)C(=O)N32)C(=O)N2CCN(CC3CN(c4cccc5c4CN(C4CCC(=O)NC4=O)C5=O)C3)CC2)cc1. The second-order valence-corrected chi connectivity index (χ2v) is 28.0. The molecule has 6 aliphatic heterocycles. The van der Waals surface area contributed by atoms with E-state index in [2.05, 4.69) is 51.8 Å². The van der Waals surface area contributed by atoms with E-state index in [1.807, 2.05) is 36.4 Å². The zero-order valence-electron chi connectivity index (χ0n) is 50.0. The lowest BCUT2D eigenvalue weighted by molar-refractivity contribution is -0.144. The number of hydrogen-bond donors (Lipinski definition) is 7. The van der Waals surface area contributed by atoms with Gasteiger partial charge in [0.05, 0.1) is 11.4 Å². The van der Waals surface area contributed by atoms with Crippen LogP contribution in [0.3, 0.4) is 0 Å². The molecule has 0 aliphatic carbocycles. The topological polar surface area (TPSA) is 305 Å². The van der Waals surface area contributed by atoms with E-state index in [-0.39, 0.29) is 108 Å². The smallest absolute Gasteiger partial charge is 0.370 e. The van der Waals surface area contributed by atoms with Gasteiger partial charge in [-0.05, 0) is 84.4 Å². The number of amides is 9. The molecule has 4 aromatic rings. The summed E-state index contributed by atoms with van der Waals surface area (Å²) in [5.41, 5.74) is 3.94. The van der Waals surface area contributed by atoms with Crippen molar-refractivity contribution in [1.29, 1.82) is 0 Å². The Kier molecular flexibility index (Phi) is 19.3. The molecule has 5 fully saturated rings. The molecule has 484 valence electrons. The molecule has 3 aromatic carbocycles. The molecule has 6 atom stereocenters. The number of alkyl halides is 4. The number of carbonyl (C=O) groups is 9. The fourth-order valence-corrected chi connectivity index (χ4v) is 14.5. The van der Waals surface area contributed by atoms with Crippen LogP contribution < -0.4 is 31.9 Å². The summed E-state index contributed by atoms with van der Waals surface area (Å²) in [7, 11) is -5.94. The number of hydrogen-bond acceptors (Lipinski definition) is 14. The van der Waals surface area contributed by atoms with Crippen LogP contribution in [0.15, 0.2) is 66.7 Å². The number of piperazine rings is 1. The number of anilines is 1. The van der Waals surface area contributed by atoms with Crippen LogP contribution >= 0.6 is 18.9 Å². The van der Waals surface area contributed by atoms with E-state index in [0.29, 0.717) is 31.7 Å². The van der Waals surface area contributed by atoms with Crippen molar-refractivity contribution in [3.8, 4) is 0 Å². The number of benzene rings is 3. The van der Waals surface area contributed by atoms with Gasteiger partial charge >= 0.3 is 13.3 Å². The van der Waals surface area contributed by atoms with Gasteiger partial charge in [-0.3, -0.25) is 62.8 Å². The fraction of sp³-hybridized carbons (Fsp3) is 0.525. The Morgan fingerprint density at radius 3 is 2.21 bits per heavy atom. The second kappa shape index (κ2) is 26.5. The van der Waals surface area contributed by atoms with Gasteiger partial charge in [0.1, 0.15) is 30.2 Å². The highest BCUT2D eigenvalue weighted by Gasteiger charge is 2.51. The molecular weight excluding hydrogens is 1220 g/mol. The monoisotopic (exact) mass is 1290 g/mol. The number of primary amides is 1. The number of nitrogens with two attached hydrogens (primary N) is 1. The molecule has 0 radical (unpaired) electrons. The van der Waals surface area contributed by atoms with Crippen molar-refractivity contribution in [1.82, 2.24) is 45.8 Å². The molecule has 1 unspecified atom stereocenters. The van der Waals surface area contributed by atoms with Crippen molar-refractivity contribution >= 4 is 87.9 Å². The molecule has 0 bridgehead atoms. The Labute approximate surface area is 520 Å². The van der Waals surface area contributed by atoms with Gasteiger partial charge in [-0.2, -0.15) is 8.78 Å². The minimum Gasteiger partial charge on any atom is -0.370 e. The van der Waals surface area contributed by atoms with Gasteiger partial charge in [0, 0.05) is 124 Å². The number of halogens is 4. The van der Waals surface area contributed by atoms with Crippen molar-refractivity contribution in [2.75, 3.05) is 70.3 Å². The normalized spacial score (nSPS) is 22.2. The summed E-state index contributed by atoms with van der Waals surface area (Å²) >= 11 is 0.817. The molecule has 6 aliphatic rings. The largest absolute Gasteiger partial charge is 0.399 e. The first-order chi connectivity index (χ1) is 42.5. The van der Waals surface area contributed by atoms with Crippen molar-refractivity contribution in [3.63, 3.8) is 0 Å². The van der Waals surface area contributed by atoms with Crippen molar-refractivity contribution in [3.05, 3.63) is 99.4 Å². The Hall–Kier alpha value is -7.36. The predicted octanol–water partition coefficient (Wildman–Crippen LogP) is 3.37. The second-order valence-electron chi connectivity index (χ2n) is 25.3. The summed E-state index contributed by atoms with van der Waals surface area (Å²) in [5.74, 6) is -5.27. The molecule has 1 aromatic heterocycles. The van der Waals surface area contributed by atoms with E-state index in [9.17, 15) is 75.1 Å². The molecule has 8 N–H and O–H groups in total. The van der Waals surface area contributed by atoms with E-state index < -0.39 is 110 Å². The Morgan fingerprint density at radius 1 is 0.833 bits per heavy atom. The van der Waals surface area contributed by atoms with Crippen LogP contribution in [0.4, 0.5) is 23.2 Å². The number of fused-ring (bicyclic) bond motifs is 3. The third-order valence-corrected chi connectivity index (χ3v) is 20.1. The first-order valence-corrected chi connectivity index (χ1v) is 32.6. The van der Waals surface area contributed by atoms with Gasteiger partial charge in [-0.15, -0.1) is 11.3 Å². The number of carbonyl (C=O) groups excluding carboxylic acids is 9. The highest BCUT2D eigenvalue weighted by Crippen LogP contribution is 2.59. The minimum atomic E-state index is -5.94. The summed E-state index contributed by atoms with van der Waals surface area (Å²) in [6.45, 7) is 9.21. The van der Waals surface area contributed by atoms with E-state index >= 15 is 0 Å². The van der Waals surface area contributed by atoms with Crippen LogP contribution in [0.5, 0.6) is 0 Å². The lowest BCUT2D eigenvalue weighted by atomic mass is 9.86. The lowest BCUT2D eigenvalue weighted by Gasteiger charge is -2.45. The first-order valence-electron chi connectivity index (χ1n) is 30.1. The van der Waals surface area contributed by atoms with Crippen LogP contribution in [0.2, 0.25) is 0 Å². The van der Waals surface area contributed by atoms with Gasteiger partial charge < -0.3 is 51.1 Å². The maximum atomic E-state index is 14.8. The highest BCUT2D eigenvalue weighted by molar-refractivity contribution is 7.52. The van der Waals surface area contributed by atoms with Gasteiger partial charge in [-0.1, -0.05) is 57.2 Å². The summed E-state index contributed by atoms with van der Waals surface area (Å²) in [4.78, 5) is 152. The van der Waals surface area contributed by atoms with E-state index in [4.69, 9.17) is 5.73 Å². The molecule has 10 rings (SSSR count). The van der Waals surface area contributed by atoms with Gasteiger partial charge in [0.2, 0.25) is 41.4 Å². The zero-order valence-corrected chi connectivity index (χ0v) is 51.7. The summed E-state index contributed by atoms with van der Waals surface area (Å²) in [6.07, 6.45) is -2.56. The van der Waals surface area contributed by atoms with Crippen LogP contribution in [0.25, 0.3) is 10.1 Å². The molecular formula is C61H74F4N11O12PS. The summed E-state index contributed by atoms with van der Waals surface area (Å²) in [6, 6.07) is 10.4. The number of nitrogens with zero attached hydrogens (tertiary/aromatic N) is 6. The van der Waals surface area contributed by atoms with Gasteiger partial charge in [0.15, 0.2) is 0 Å². The van der Waals surface area contributed by atoms with Crippen LogP contribution in [-0.2, 0) is 62.2 Å². The number of nitrogens with one attached hydrogen (secondary N) is 4. The molecule has 90 heavy (non-hydrogen) atoms. The molecule has 5 saturated heterocycles. The van der Waals surface area contributed by atoms with E-state index in [0.717, 1.165) is 71.5 Å². The van der Waals surface area contributed by atoms with E-state index in [1.165, 1.54) is 15.9 Å². The fourth-order valence-electron chi connectivity index (χ4n) is 13.1. The standard InChI is InChI=1S/C61H74F4N11O12PS/c1-60(2,3)37-9-7-34(8-10-37)25-43(58(84)73-23-21-71(22-24-73)28-35-29-74(30-35)45-6-4-5-40-41(45)31-75(57(40)83)46-15-18-52(78)70-54(46)80)68-53(79)42(13-17-51(66)77)67-55(81)47-14-12-39-19-20-72(33-50(62)63)32-44(59(85)76(39)47)69-56(82)49-27-36-26-38(11-16-48(36)90-49)61(64,65)89(86,87)88/h4-11,16,26-27,35,39,42-44,46-47,50H,12-15,17-25,28-33H2,1-3H3,(H2,66,77)(H,67,81)(H,68,79)(H,69,82)(H,70,78,80)(H2,86,87,88)/t39-,42+,43+,44+,46?,47+/m1/s1. The van der Waals surface area contributed by atoms with Crippen LogP contribution in [-0.4, -0.2) is 196 Å². The first kappa shape index (κ1) is 65.6. The zero-order chi connectivity index (χ0) is 64.7. The average Bonchev–Trinajstić information content (AvgIpc) is 2.12. The maximum absolute atomic E-state index is 14.8. The van der Waals surface area contributed by atoms with Crippen molar-refractivity contribution in [2.45, 2.75) is 132 Å². The quantitative estimate of drug-likeness (QED) is 0.0379. The Balaban J connectivity index is 0.806. The Morgan fingerprint density at radius 2 is 1.54 bits per heavy atom. The molecule has 9 amide bonds.